The molecule has 2 rings (SSSR count). The maximum Gasteiger partial charge on any atom is 0.230 e. The topological polar surface area (TPSA) is 55.0 Å². The molecule has 0 aliphatic rings. The Hall–Kier alpha value is -2.01. The van der Waals surface area contributed by atoms with Crippen molar-refractivity contribution in [1.82, 2.24) is 9.97 Å². The molecule has 19 heavy (non-hydrogen) atoms. The van der Waals surface area contributed by atoms with Crippen LogP contribution in [0.4, 0.5) is 11.6 Å². The summed E-state index contributed by atoms with van der Waals surface area (Å²) in [6, 6.07) is 9.93. The Morgan fingerprint density at radius 3 is 2.58 bits per heavy atom. The predicted octanol–water partition coefficient (Wildman–Crippen LogP) is 2.50. The molecule has 0 radical (unpaired) electrons. The van der Waals surface area contributed by atoms with Gasteiger partial charge in [0.05, 0.1) is 0 Å². The van der Waals surface area contributed by atoms with Crippen molar-refractivity contribution in [3.05, 3.63) is 47.3 Å². The van der Waals surface area contributed by atoms with Crippen molar-refractivity contribution in [2.24, 2.45) is 5.73 Å². The minimum absolute atomic E-state index is 0.282. The van der Waals surface area contributed by atoms with Crippen molar-refractivity contribution in [3.63, 3.8) is 0 Å². The number of thiocarbonyl (C=S) groups is 1. The Morgan fingerprint density at radius 2 is 1.95 bits per heavy atom. The van der Waals surface area contributed by atoms with Gasteiger partial charge in [-0.05, 0) is 37.6 Å². The number of nitrogens with two attached hydrogens (primary N) is 1. The van der Waals surface area contributed by atoms with Gasteiger partial charge in [0.25, 0.3) is 0 Å². The van der Waals surface area contributed by atoms with Crippen LogP contribution in [0.15, 0.2) is 30.3 Å². The maximum absolute atomic E-state index is 5.64. The lowest BCUT2D eigenvalue weighted by Crippen LogP contribution is -2.18. The van der Waals surface area contributed by atoms with Crippen LogP contribution in [0.5, 0.6) is 0 Å². The van der Waals surface area contributed by atoms with E-state index >= 15 is 0 Å². The number of nitrogens with zero attached hydrogens (tertiary/aromatic N) is 3. The van der Waals surface area contributed by atoms with Gasteiger partial charge >= 0.3 is 0 Å². The second-order valence-electron chi connectivity index (χ2n) is 4.46. The zero-order valence-electron chi connectivity index (χ0n) is 11.2. The van der Waals surface area contributed by atoms with Crippen LogP contribution < -0.4 is 10.6 Å². The zero-order valence-corrected chi connectivity index (χ0v) is 12.0. The quantitative estimate of drug-likeness (QED) is 0.870. The van der Waals surface area contributed by atoms with E-state index in [-0.39, 0.29) is 4.99 Å². The maximum atomic E-state index is 5.64. The van der Waals surface area contributed by atoms with E-state index in [0.29, 0.717) is 11.6 Å². The zero-order chi connectivity index (χ0) is 14.0. The summed E-state index contributed by atoms with van der Waals surface area (Å²) in [5.41, 5.74) is 9.29. The van der Waals surface area contributed by atoms with Crippen LogP contribution in [0.1, 0.15) is 17.0 Å². The van der Waals surface area contributed by atoms with Gasteiger partial charge in [0, 0.05) is 18.4 Å². The summed E-state index contributed by atoms with van der Waals surface area (Å²) in [6.07, 6.45) is 0. The number of aryl methyl sites for hydroxylation is 2. The van der Waals surface area contributed by atoms with Crippen molar-refractivity contribution in [2.45, 2.75) is 13.8 Å². The first-order chi connectivity index (χ1) is 8.97. The molecule has 1 heterocycles. The molecule has 0 aliphatic heterocycles. The fraction of sp³-hybridized carbons (Fsp3) is 0.214. The molecule has 0 unspecified atom stereocenters. The lowest BCUT2D eigenvalue weighted by Gasteiger charge is -2.18. The van der Waals surface area contributed by atoms with E-state index in [9.17, 15) is 0 Å². The molecule has 0 spiro atoms. The summed E-state index contributed by atoms with van der Waals surface area (Å²) in [6.45, 7) is 3.95. The predicted molar refractivity (Wildman–Crippen MR) is 81.9 cm³/mol. The van der Waals surface area contributed by atoms with Gasteiger partial charge in [0.1, 0.15) is 10.7 Å². The number of benzene rings is 1. The van der Waals surface area contributed by atoms with Crippen LogP contribution in [0.2, 0.25) is 0 Å². The van der Waals surface area contributed by atoms with E-state index in [4.69, 9.17) is 18.0 Å². The van der Waals surface area contributed by atoms with Crippen LogP contribution in [0, 0.1) is 13.8 Å². The second-order valence-corrected chi connectivity index (χ2v) is 4.90. The van der Waals surface area contributed by atoms with E-state index < -0.39 is 0 Å². The van der Waals surface area contributed by atoms with Gasteiger partial charge in [-0.15, -0.1) is 0 Å². The van der Waals surface area contributed by atoms with Gasteiger partial charge in [-0.1, -0.05) is 24.4 Å². The van der Waals surface area contributed by atoms with Gasteiger partial charge in [-0.2, -0.15) is 0 Å². The summed E-state index contributed by atoms with van der Waals surface area (Å²) in [5, 5.41) is 0. The summed E-state index contributed by atoms with van der Waals surface area (Å²) in [4.78, 5) is 11.0. The SMILES string of the molecule is Cc1cccc(N(C)c2nc(C)cc(C(N)=S)n2)c1. The molecule has 2 aromatic rings. The molecule has 0 amide bonds. The van der Waals surface area contributed by atoms with Gasteiger partial charge in [0.15, 0.2) is 0 Å². The Bertz CT molecular complexity index is 625. The summed E-state index contributed by atoms with van der Waals surface area (Å²) < 4.78 is 0. The van der Waals surface area contributed by atoms with Crippen LogP contribution in [-0.4, -0.2) is 22.0 Å². The molecule has 0 saturated heterocycles. The highest BCUT2D eigenvalue weighted by atomic mass is 32.1. The number of rotatable bonds is 3. The smallest absolute Gasteiger partial charge is 0.230 e. The number of hydrogen-bond acceptors (Lipinski definition) is 4. The lowest BCUT2D eigenvalue weighted by atomic mass is 10.2. The van der Waals surface area contributed by atoms with Crippen molar-refractivity contribution in [1.29, 1.82) is 0 Å². The third kappa shape index (κ3) is 3.06. The molecule has 0 bridgehead atoms. The van der Waals surface area contributed by atoms with E-state index in [1.54, 1.807) is 6.07 Å². The van der Waals surface area contributed by atoms with Crippen molar-refractivity contribution < 1.29 is 0 Å². The summed E-state index contributed by atoms with van der Waals surface area (Å²) in [5.74, 6) is 0.591. The Labute approximate surface area is 118 Å². The first kappa shape index (κ1) is 13.4. The van der Waals surface area contributed by atoms with Crippen molar-refractivity contribution in [2.75, 3.05) is 11.9 Å². The number of anilines is 2. The second kappa shape index (κ2) is 5.32. The first-order valence-electron chi connectivity index (χ1n) is 5.93. The van der Waals surface area contributed by atoms with Crippen molar-refractivity contribution in [3.8, 4) is 0 Å². The normalized spacial score (nSPS) is 10.3. The largest absolute Gasteiger partial charge is 0.388 e. The van der Waals surface area contributed by atoms with Crippen molar-refractivity contribution >= 4 is 28.8 Å². The molecule has 0 aliphatic carbocycles. The third-order valence-corrected chi connectivity index (χ3v) is 2.99. The molecule has 98 valence electrons. The van der Waals surface area contributed by atoms with Crippen LogP contribution >= 0.6 is 12.2 Å². The summed E-state index contributed by atoms with van der Waals surface area (Å²) in [7, 11) is 1.92. The van der Waals surface area contributed by atoms with E-state index in [0.717, 1.165) is 11.4 Å². The molecular weight excluding hydrogens is 256 g/mol. The number of hydrogen-bond donors (Lipinski definition) is 1. The molecule has 0 saturated carbocycles. The highest BCUT2D eigenvalue weighted by Crippen LogP contribution is 2.21. The van der Waals surface area contributed by atoms with E-state index in [2.05, 4.69) is 29.0 Å². The lowest BCUT2D eigenvalue weighted by molar-refractivity contribution is 1.01. The van der Waals surface area contributed by atoms with Crippen LogP contribution in [0.25, 0.3) is 0 Å². The average molecular weight is 272 g/mol. The number of aromatic nitrogens is 2. The Morgan fingerprint density at radius 1 is 1.21 bits per heavy atom. The third-order valence-electron chi connectivity index (χ3n) is 2.78. The fourth-order valence-electron chi connectivity index (χ4n) is 1.78. The first-order valence-corrected chi connectivity index (χ1v) is 6.34. The summed E-state index contributed by atoms with van der Waals surface area (Å²) >= 11 is 4.97. The highest BCUT2D eigenvalue weighted by Gasteiger charge is 2.10. The molecule has 0 atom stereocenters. The Kier molecular flexibility index (Phi) is 3.76. The molecular formula is C14H16N4S. The molecule has 1 aromatic heterocycles. The minimum atomic E-state index is 0.282. The standard InChI is InChI=1S/C14H16N4S/c1-9-5-4-6-11(7-9)18(3)14-16-10(2)8-12(17-14)13(15)19/h4-8H,1-3H3,(H2,15,19). The van der Waals surface area contributed by atoms with Gasteiger partial charge in [-0.25, -0.2) is 9.97 Å². The van der Waals surface area contributed by atoms with Gasteiger partial charge in [0.2, 0.25) is 5.95 Å². The van der Waals surface area contributed by atoms with Gasteiger partial charge in [-0.3, -0.25) is 0 Å². The molecule has 5 heteroatoms. The molecule has 4 nitrogen and oxygen atoms in total. The monoisotopic (exact) mass is 272 g/mol. The van der Waals surface area contributed by atoms with E-state index in [1.807, 2.05) is 31.0 Å². The highest BCUT2D eigenvalue weighted by molar-refractivity contribution is 7.80. The Balaban J connectivity index is 2.43. The van der Waals surface area contributed by atoms with Crippen LogP contribution in [-0.2, 0) is 0 Å². The van der Waals surface area contributed by atoms with Gasteiger partial charge < -0.3 is 10.6 Å². The van der Waals surface area contributed by atoms with E-state index in [1.165, 1.54) is 5.56 Å². The van der Waals surface area contributed by atoms with Crippen LogP contribution in [0.3, 0.4) is 0 Å². The minimum Gasteiger partial charge on any atom is -0.388 e. The molecule has 2 N–H and O–H groups in total. The molecule has 0 fully saturated rings. The molecule has 1 aromatic carbocycles. The average Bonchev–Trinajstić information content (AvgIpc) is 2.37. The fourth-order valence-corrected chi connectivity index (χ4v) is 1.89.